The summed E-state index contributed by atoms with van der Waals surface area (Å²) in [6.45, 7) is 4.19. The molecule has 1 aromatic heterocycles. The minimum atomic E-state index is -0.450. The van der Waals surface area contributed by atoms with Gasteiger partial charge in [-0.25, -0.2) is 4.98 Å². The number of ketones is 1. The molecular weight excluding hydrogens is 534 g/mol. The maximum absolute atomic E-state index is 13.4. The second-order valence-electron chi connectivity index (χ2n) is 9.49. The van der Waals surface area contributed by atoms with E-state index in [1.54, 1.807) is 0 Å². The third kappa shape index (κ3) is 4.61. The summed E-state index contributed by atoms with van der Waals surface area (Å²) >= 11 is 10.9. The first-order chi connectivity index (χ1) is 16.2. The molecule has 0 saturated heterocycles. The Balaban J connectivity index is 1.57. The maximum atomic E-state index is 13.4. The molecule has 3 aromatic rings. The van der Waals surface area contributed by atoms with Gasteiger partial charge in [0, 0.05) is 38.9 Å². The lowest BCUT2D eigenvalue weighted by Gasteiger charge is -2.38. The predicted octanol–water partition coefficient (Wildman–Crippen LogP) is 6.68. The first-order valence-electron chi connectivity index (χ1n) is 11.0. The average Bonchev–Trinajstić information content (AvgIpc) is 2.77. The van der Waals surface area contributed by atoms with E-state index in [-0.39, 0.29) is 16.8 Å². The largest absolute Gasteiger partial charge is 0.343 e. The number of carbonyl (C=O) groups excluding carboxylic acids is 1. The van der Waals surface area contributed by atoms with Crippen LogP contribution in [0.25, 0.3) is 0 Å². The Labute approximate surface area is 215 Å². The quantitative estimate of drug-likeness (QED) is 0.277. The highest BCUT2D eigenvalue weighted by atomic mass is 79.9. The van der Waals surface area contributed by atoms with Gasteiger partial charge < -0.3 is 10.3 Å². The number of carbonyl (C=O) groups is 1. The zero-order valence-corrected chi connectivity index (χ0v) is 21.9. The van der Waals surface area contributed by atoms with Crippen molar-refractivity contribution in [3.8, 4) is 0 Å². The second kappa shape index (κ2) is 9.02. The van der Waals surface area contributed by atoms with Crippen LogP contribution in [0, 0.1) is 5.41 Å². The van der Waals surface area contributed by atoms with Crippen LogP contribution in [0.2, 0.25) is 5.02 Å². The Morgan fingerprint density at radius 1 is 1.09 bits per heavy atom. The van der Waals surface area contributed by atoms with Gasteiger partial charge in [-0.05, 0) is 47.2 Å². The summed E-state index contributed by atoms with van der Waals surface area (Å²) in [4.78, 5) is 34.4. The minimum Gasteiger partial charge on any atom is -0.343 e. The number of hydrogen-bond acceptors (Lipinski definition) is 5. The zero-order chi connectivity index (χ0) is 24.0. The smallest absolute Gasteiger partial charge is 0.257 e. The number of allylic oxidation sites excluding steroid dienone is 2. The molecule has 1 aliphatic carbocycles. The maximum Gasteiger partial charge on any atom is 0.257 e. The Kier molecular flexibility index (Phi) is 6.21. The molecule has 0 unspecified atom stereocenters. The van der Waals surface area contributed by atoms with Gasteiger partial charge in [0.15, 0.2) is 10.9 Å². The van der Waals surface area contributed by atoms with Crippen LogP contribution < -0.4 is 10.9 Å². The molecule has 1 aliphatic heterocycles. The van der Waals surface area contributed by atoms with E-state index < -0.39 is 5.92 Å². The number of nitrogens with zero attached hydrogens (tertiary/aromatic N) is 1. The van der Waals surface area contributed by atoms with Crippen LogP contribution in [0.4, 0.5) is 5.82 Å². The fourth-order valence-corrected chi connectivity index (χ4v) is 5.89. The summed E-state index contributed by atoms with van der Waals surface area (Å²) in [5.74, 6) is 0.807. The van der Waals surface area contributed by atoms with Crippen molar-refractivity contribution in [2.24, 2.45) is 5.41 Å². The number of thioether (sulfide) groups is 1. The Hall–Kier alpha value is -2.35. The number of Topliss-reactive ketones (excluding diaryl/α,β-unsaturated/α-hetero) is 1. The molecule has 0 bridgehead atoms. The van der Waals surface area contributed by atoms with E-state index in [4.69, 9.17) is 16.6 Å². The highest BCUT2D eigenvalue weighted by Crippen LogP contribution is 2.47. The number of anilines is 1. The number of hydrogen-bond donors (Lipinski definition) is 2. The van der Waals surface area contributed by atoms with Crippen LogP contribution in [-0.2, 0) is 10.5 Å². The third-order valence-electron chi connectivity index (χ3n) is 6.19. The number of H-pyrrole nitrogens is 1. The van der Waals surface area contributed by atoms with Gasteiger partial charge in [-0.1, -0.05) is 77.4 Å². The van der Waals surface area contributed by atoms with Crippen molar-refractivity contribution in [2.75, 3.05) is 5.32 Å². The van der Waals surface area contributed by atoms with Crippen LogP contribution in [-0.4, -0.2) is 15.8 Å². The van der Waals surface area contributed by atoms with Crippen LogP contribution in [0.1, 0.15) is 49.3 Å². The lowest BCUT2D eigenvalue weighted by Crippen LogP contribution is -2.37. The molecular formula is C26H23BrClN3O2S. The predicted molar refractivity (Wildman–Crippen MR) is 141 cm³/mol. The lowest BCUT2D eigenvalue weighted by molar-refractivity contribution is -0.118. The molecule has 5 nitrogen and oxygen atoms in total. The molecule has 8 heteroatoms. The molecule has 0 radical (unpaired) electrons. The van der Waals surface area contributed by atoms with Gasteiger partial charge in [-0.2, -0.15) is 0 Å². The van der Waals surface area contributed by atoms with E-state index in [0.29, 0.717) is 39.3 Å². The monoisotopic (exact) mass is 555 g/mol. The number of halogens is 2. The summed E-state index contributed by atoms with van der Waals surface area (Å²) < 4.78 is 0.941. The van der Waals surface area contributed by atoms with Crippen LogP contribution in [0.5, 0.6) is 0 Å². The molecule has 0 saturated carbocycles. The first kappa shape index (κ1) is 23.4. The highest BCUT2D eigenvalue weighted by Gasteiger charge is 2.42. The molecule has 1 atom stereocenters. The molecule has 0 spiro atoms. The van der Waals surface area contributed by atoms with Crippen LogP contribution in [0.15, 0.2) is 74.2 Å². The van der Waals surface area contributed by atoms with Gasteiger partial charge in [0.25, 0.3) is 5.56 Å². The summed E-state index contributed by atoms with van der Waals surface area (Å²) in [5.41, 5.74) is 3.65. The molecule has 0 fully saturated rings. The first-order valence-corrected chi connectivity index (χ1v) is 13.2. The molecule has 2 aliphatic rings. The molecule has 174 valence electrons. The van der Waals surface area contributed by atoms with Crippen molar-refractivity contribution in [2.45, 2.75) is 43.5 Å². The Bertz CT molecular complexity index is 1360. The minimum absolute atomic E-state index is 0.0814. The van der Waals surface area contributed by atoms with E-state index in [9.17, 15) is 9.59 Å². The van der Waals surface area contributed by atoms with Crippen LogP contribution >= 0.6 is 39.3 Å². The third-order valence-corrected chi connectivity index (χ3v) is 7.92. The summed E-state index contributed by atoms with van der Waals surface area (Å²) in [5, 5.41) is 4.59. The molecule has 2 aromatic carbocycles. The Morgan fingerprint density at radius 3 is 2.50 bits per heavy atom. The van der Waals surface area contributed by atoms with Gasteiger partial charge in [-0.3, -0.25) is 9.59 Å². The van der Waals surface area contributed by atoms with Crippen molar-refractivity contribution in [1.29, 1.82) is 0 Å². The number of benzene rings is 2. The normalized spacial score (nSPS) is 18.8. The van der Waals surface area contributed by atoms with E-state index in [2.05, 4.69) is 40.1 Å². The van der Waals surface area contributed by atoms with Crippen molar-refractivity contribution < 1.29 is 4.79 Å². The second-order valence-corrected chi connectivity index (χ2v) is 11.8. The molecule has 2 N–H and O–H groups in total. The number of fused-ring (bicyclic) bond motifs is 1. The number of nitrogens with one attached hydrogen (secondary N) is 2. The SMILES string of the molecule is CC1(C)CC(=O)C2=C(C1)Nc1nc(SCc3ccc(Cl)cc3)[nH]c(=O)c1[C@@H]2c1ccc(Br)cc1. The fourth-order valence-electron chi connectivity index (χ4n) is 4.68. The van der Waals surface area contributed by atoms with Crippen molar-refractivity contribution >= 4 is 50.9 Å². The lowest BCUT2D eigenvalue weighted by atomic mass is 9.69. The topological polar surface area (TPSA) is 74.8 Å². The van der Waals surface area contributed by atoms with Crippen molar-refractivity contribution in [1.82, 2.24) is 9.97 Å². The van der Waals surface area contributed by atoms with Crippen molar-refractivity contribution in [3.05, 3.63) is 96.3 Å². The molecule has 0 amide bonds. The fraction of sp³-hybridized carbons (Fsp3) is 0.269. The number of aromatic amines is 1. The van der Waals surface area contributed by atoms with E-state index >= 15 is 0 Å². The van der Waals surface area contributed by atoms with Crippen LogP contribution in [0.3, 0.4) is 0 Å². The molecule has 2 heterocycles. The standard InChI is InChI=1S/C26H23BrClN3O2S/c1-26(2)11-18-21(19(32)12-26)20(15-5-7-16(27)8-6-15)22-23(29-18)30-25(31-24(22)33)34-13-14-3-9-17(28)10-4-14/h3-10,20H,11-13H2,1-2H3,(H2,29,30,31,33)/t20-/m1/s1. The molecule has 34 heavy (non-hydrogen) atoms. The number of rotatable bonds is 4. The number of aromatic nitrogens is 2. The Morgan fingerprint density at radius 2 is 1.79 bits per heavy atom. The van der Waals surface area contributed by atoms with Gasteiger partial charge in [0.1, 0.15) is 5.82 Å². The van der Waals surface area contributed by atoms with E-state index in [0.717, 1.165) is 27.7 Å². The average molecular weight is 557 g/mol. The van der Waals surface area contributed by atoms with Gasteiger partial charge >= 0.3 is 0 Å². The summed E-state index contributed by atoms with van der Waals surface area (Å²) in [7, 11) is 0. The van der Waals surface area contributed by atoms with Gasteiger partial charge in [-0.15, -0.1) is 0 Å². The van der Waals surface area contributed by atoms with E-state index in [1.807, 2.05) is 48.5 Å². The summed E-state index contributed by atoms with van der Waals surface area (Å²) in [6.07, 6.45) is 1.18. The zero-order valence-electron chi connectivity index (χ0n) is 18.7. The van der Waals surface area contributed by atoms with Crippen molar-refractivity contribution in [3.63, 3.8) is 0 Å². The van der Waals surface area contributed by atoms with Gasteiger partial charge in [0.2, 0.25) is 0 Å². The van der Waals surface area contributed by atoms with Gasteiger partial charge in [0.05, 0.1) is 5.56 Å². The molecule has 5 rings (SSSR count). The highest BCUT2D eigenvalue weighted by molar-refractivity contribution is 9.10. The summed E-state index contributed by atoms with van der Waals surface area (Å²) in [6, 6.07) is 15.4. The van der Waals surface area contributed by atoms with E-state index in [1.165, 1.54) is 11.8 Å².